The molecule has 0 aliphatic rings. The number of rotatable bonds is 6. The van der Waals surface area contributed by atoms with Gasteiger partial charge in [0.2, 0.25) is 0 Å². The highest BCUT2D eigenvalue weighted by Gasteiger charge is 2.10. The summed E-state index contributed by atoms with van der Waals surface area (Å²) in [6.45, 7) is 0. The van der Waals surface area contributed by atoms with E-state index in [2.05, 4.69) is 36.7 Å². The van der Waals surface area contributed by atoms with E-state index in [9.17, 15) is 4.79 Å². The van der Waals surface area contributed by atoms with Crippen LogP contribution in [0.4, 0.5) is 0 Å². The molecule has 3 aromatic rings. The Morgan fingerprint density at radius 2 is 1.93 bits per heavy atom. The van der Waals surface area contributed by atoms with E-state index in [0.717, 1.165) is 27.1 Å². The molecule has 0 saturated carbocycles. The van der Waals surface area contributed by atoms with Crippen molar-refractivity contribution in [3.63, 3.8) is 0 Å². The molecule has 2 aromatic carbocycles. The first-order valence-corrected chi connectivity index (χ1v) is 8.77. The van der Waals surface area contributed by atoms with Gasteiger partial charge in [-0.25, -0.2) is 5.43 Å². The van der Waals surface area contributed by atoms with Crippen molar-refractivity contribution in [2.24, 2.45) is 5.10 Å². The molecule has 0 fully saturated rings. The average Bonchev–Trinajstić information content (AvgIpc) is 3.18. The van der Waals surface area contributed by atoms with Crippen LogP contribution in [0.5, 0.6) is 11.5 Å². The predicted molar refractivity (Wildman–Crippen MR) is 106 cm³/mol. The van der Waals surface area contributed by atoms with Gasteiger partial charge in [0, 0.05) is 5.56 Å². The van der Waals surface area contributed by atoms with E-state index in [-0.39, 0.29) is 5.91 Å². The second kappa shape index (κ2) is 8.50. The molecule has 3 rings (SSSR count). The summed E-state index contributed by atoms with van der Waals surface area (Å²) in [5, 5.41) is 10.8. The number of hydrazone groups is 1. The third-order valence-corrected chi connectivity index (χ3v) is 4.38. The van der Waals surface area contributed by atoms with Gasteiger partial charge in [-0.05, 0) is 70.0 Å². The molecule has 138 valence electrons. The minimum Gasteiger partial charge on any atom is -0.497 e. The molecule has 0 atom stereocenters. The zero-order valence-electron chi connectivity index (χ0n) is 14.7. The number of H-pyrrole nitrogens is 1. The molecule has 7 nitrogen and oxygen atoms in total. The smallest absolute Gasteiger partial charge is 0.289 e. The molecular formula is C19H17BrN4O3. The molecule has 1 aromatic heterocycles. The summed E-state index contributed by atoms with van der Waals surface area (Å²) >= 11 is 3.40. The monoisotopic (exact) mass is 428 g/mol. The first-order valence-electron chi connectivity index (χ1n) is 7.97. The number of carbonyl (C=O) groups excluding carboxylic acids is 1. The largest absolute Gasteiger partial charge is 0.497 e. The Kier molecular flexibility index (Phi) is 5.87. The van der Waals surface area contributed by atoms with E-state index < -0.39 is 0 Å². The lowest BCUT2D eigenvalue weighted by Crippen LogP contribution is -2.18. The van der Waals surface area contributed by atoms with E-state index in [1.54, 1.807) is 26.5 Å². The van der Waals surface area contributed by atoms with E-state index in [1.165, 1.54) is 0 Å². The summed E-state index contributed by atoms with van der Waals surface area (Å²) in [4.78, 5) is 12.2. The Morgan fingerprint density at radius 3 is 2.59 bits per heavy atom. The van der Waals surface area contributed by atoms with Crippen molar-refractivity contribution in [3.8, 4) is 22.8 Å². The molecule has 0 aliphatic heterocycles. The van der Waals surface area contributed by atoms with E-state index in [0.29, 0.717) is 11.4 Å². The van der Waals surface area contributed by atoms with Crippen LogP contribution in [0.15, 0.2) is 58.1 Å². The molecule has 0 unspecified atom stereocenters. The van der Waals surface area contributed by atoms with Crippen LogP contribution in [0.25, 0.3) is 11.3 Å². The van der Waals surface area contributed by atoms with Gasteiger partial charge in [0.1, 0.15) is 17.2 Å². The lowest BCUT2D eigenvalue weighted by Gasteiger charge is -2.03. The number of amides is 1. The Balaban J connectivity index is 1.64. The third kappa shape index (κ3) is 4.53. The third-order valence-electron chi connectivity index (χ3n) is 3.76. The molecular weight excluding hydrogens is 412 g/mol. The number of ether oxygens (including phenoxy) is 2. The summed E-state index contributed by atoms with van der Waals surface area (Å²) in [6, 6.07) is 14.6. The van der Waals surface area contributed by atoms with Crippen LogP contribution >= 0.6 is 15.9 Å². The first-order chi connectivity index (χ1) is 13.1. The van der Waals surface area contributed by atoms with Gasteiger partial charge in [-0.1, -0.05) is 0 Å². The zero-order valence-corrected chi connectivity index (χ0v) is 16.3. The highest BCUT2D eigenvalue weighted by molar-refractivity contribution is 9.10. The number of aromatic nitrogens is 2. The molecule has 0 saturated heterocycles. The Hall–Kier alpha value is -3.13. The van der Waals surface area contributed by atoms with Gasteiger partial charge < -0.3 is 9.47 Å². The summed E-state index contributed by atoms with van der Waals surface area (Å²) in [6.07, 6.45) is 1.54. The van der Waals surface area contributed by atoms with Gasteiger partial charge in [-0.15, -0.1) is 0 Å². The fourth-order valence-electron chi connectivity index (χ4n) is 2.34. The fourth-order valence-corrected chi connectivity index (χ4v) is 2.89. The number of methoxy groups -OCH3 is 2. The van der Waals surface area contributed by atoms with Crippen molar-refractivity contribution in [2.75, 3.05) is 14.2 Å². The summed E-state index contributed by atoms with van der Waals surface area (Å²) < 4.78 is 11.1. The van der Waals surface area contributed by atoms with Gasteiger partial charge >= 0.3 is 0 Å². The number of nitrogens with one attached hydrogen (secondary N) is 2. The van der Waals surface area contributed by atoms with Crippen molar-refractivity contribution in [2.45, 2.75) is 0 Å². The normalized spacial score (nSPS) is 10.8. The Morgan fingerprint density at radius 1 is 1.15 bits per heavy atom. The van der Waals surface area contributed by atoms with E-state index >= 15 is 0 Å². The number of nitrogens with zero attached hydrogens (tertiary/aromatic N) is 2. The molecule has 27 heavy (non-hydrogen) atoms. The van der Waals surface area contributed by atoms with Crippen LogP contribution in [0.2, 0.25) is 0 Å². The van der Waals surface area contributed by atoms with Crippen molar-refractivity contribution in [3.05, 3.63) is 64.3 Å². The second-order valence-corrected chi connectivity index (χ2v) is 6.34. The maximum Gasteiger partial charge on any atom is 0.289 e. The maximum absolute atomic E-state index is 12.2. The highest BCUT2D eigenvalue weighted by Crippen LogP contribution is 2.25. The molecule has 0 aliphatic carbocycles. The van der Waals surface area contributed by atoms with Gasteiger partial charge in [0.25, 0.3) is 5.91 Å². The Bertz CT molecular complexity index is 967. The fraction of sp³-hybridized carbons (Fsp3) is 0.105. The second-order valence-electron chi connectivity index (χ2n) is 5.49. The molecule has 8 heteroatoms. The minimum absolute atomic E-state index is 0.314. The Labute approximate surface area is 164 Å². The number of hydrogen-bond acceptors (Lipinski definition) is 5. The predicted octanol–water partition coefficient (Wildman–Crippen LogP) is 3.62. The van der Waals surface area contributed by atoms with Crippen molar-refractivity contribution < 1.29 is 14.3 Å². The standard InChI is InChI=1S/C19H17BrN4O3/c1-26-14-6-4-13(5-7-14)16-10-17(23-22-16)19(25)24-21-11-12-3-8-18(27-2)15(20)9-12/h3-11H,1-2H3,(H,22,23)(H,24,25)/b21-11-. The zero-order chi connectivity index (χ0) is 19.2. The van der Waals surface area contributed by atoms with E-state index in [4.69, 9.17) is 9.47 Å². The average molecular weight is 429 g/mol. The summed E-state index contributed by atoms with van der Waals surface area (Å²) in [5.74, 6) is 1.09. The summed E-state index contributed by atoms with van der Waals surface area (Å²) in [5.41, 5.74) is 5.13. The van der Waals surface area contributed by atoms with Crippen LogP contribution in [0.3, 0.4) is 0 Å². The number of hydrogen-bond donors (Lipinski definition) is 2. The first kappa shape index (κ1) is 18.7. The van der Waals surface area contributed by atoms with Crippen molar-refractivity contribution in [1.29, 1.82) is 0 Å². The van der Waals surface area contributed by atoms with Gasteiger partial charge in [-0.3, -0.25) is 9.89 Å². The van der Waals surface area contributed by atoms with Crippen LogP contribution in [0, 0.1) is 0 Å². The van der Waals surface area contributed by atoms with E-state index in [1.807, 2.05) is 42.5 Å². The lowest BCUT2D eigenvalue weighted by molar-refractivity contribution is 0.0950. The number of halogens is 1. The van der Waals surface area contributed by atoms with Gasteiger partial charge in [0.15, 0.2) is 0 Å². The number of benzene rings is 2. The minimum atomic E-state index is -0.383. The number of aromatic amines is 1. The summed E-state index contributed by atoms with van der Waals surface area (Å²) in [7, 11) is 3.20. The molecule has 1 amide bonds. The van der Waals surface area contributed by atoms with Crippen LogP contribution in [0.1, 0.15) is 16.1 Å². The SMILES string of the molecule is COc1ccc(-c2cc(C(=O)N/N=C\c3ccc(OC)c(Br)c3)[nH]n2)cc1. The molecule has 2 N–H and O–H groups in total. The molecule has 0 bridgehead atoms. The van der Waals surface area contributed by atoms with Crippen LogP contribution in [-0.2, 0) is 0 Å². The highest BCUT2D eigenvalue weighted by atomic mass is 79.9. The van der Waals surface area contributed by atoms with Gasteiger partial charge in [-0.2, -0.15) is 10.2 Å². The number of carbonyl (C=O) groups is 1. The van der Waals surface area contributed by atoms with Gasteiger partial charge in [0.05, 0.1) is 30.6 Å². The van der Waals surface area contributed by atoms with Crippen LogP contribution in [-0.4, -0.2) is 36.5 Å². The molecule has 0 spiro atoms. The quantitative estimate of drug-likeness (QED) is 0.463. The van der Waals surface area contributed by atoms with Crippen molar-refractivity contribution in [1.82, 2.24) is 15.6 Å². The lowest BCUT2D eigenvalue weighted by atomic mass is 10.1. The molecule has 1 heterocycles. The maximum atomic E-state index is 12.2. The van der Waals surface area contributed by atoms with Crippen molar-refractivity contribution >= 4 is 28.1 Å². The molecule has 0 radical (unpaired) electrons. The topological polar surface area (TPSA) is 88.6 Å². The van der Waals surface area contributed by atoms with Crippen LogP contribution < -0.4 is 14.9 Å².